The van der Waals surface area contributed by atoms with E-state index in [0.29, 0.717) is 17.0 Å². The van der Waals surface area contributed by atoms with Crippen molar-refractivity contribution >= 4 is 11.7 Å². The van der Waals surface area contributed by atoms with Crippen LogP contribution in [0.2, 0.25) is 0 Å². The summed E-state index contributed by atoms with van der Waals surface area (Å²) in [6.07, 6.45) is 0. The maximum atomic E-state index is 11.2. The minimum Gasteiger partial charge on any atom is -0.495 e. The third-order valence-electron chi connectivity index (χ3n) is 2.70. The summed E-state index contributed by atoms with van der Waals surface area (Å²) in [5, 5.41) is 9.15. The Bertz CT molecular complexity index is 593. The van der Waals surface area contributed by atoms with Gasteiger partial charge in [-0.25, -0.2) is 4.79 Å². The molecule has 0 spiro atoms. The first kappa shape index (κ1) is 12.0. The van der Waals surface area contributed by atoms with Gasteiger partial charge in [0.1, 0.15) is 5.75 Å². The highest BCUT2D eigenvalue weighted by atomic mass is 16.5. The van der Waals surface area contributed by atoms with Crippen molar-refractivity contribution in [2.45, 2.75) is 0 Å². The van der Waals surface area contributed by atoms with E-state index in [0.717, 1.165) is 5.56 Å². The molecule has 2 rings (SSSR count). The van der Waals surface area contributed by atoms with Gasteiger partial charge in [-0.3, -0.25) is 0 Å². The van der Waals surface area contributed by atoms with Crippen LogP contribution in [0.5, 0.6) is 5.75 Å². The smallest absolute Gasteiger partial charge is 0.336 e. The van der Waals surface area contributed by atoms with E-state index in [1.807, 2.05) is 0 Å². The van der Waals surface area contributed by atoms with Gasteiger partial charge in [-0.15, -0.1) is 0 Å². The lowest BCUT2D eigenvalue weighted by Crippen LogP contribution is -1.99. The summed E-state index contributed by atoms with van der Waals surface area (Å²) in [5.74, 6) is -0.422. The lowest BCUT2D eigenvalue weighted by Gasteiger charge is -2.09. The maximum absolute atomic E-state index is 11.2. The summed E-state index contributed by atoms with van der Waals surface area (Å²) in [7, 11) is 1.53. The van der Waals surface area contributed by atoms with Gasteiger partial charge in [-0.2, -0.15) is 0 Å². The van der Waals surface area contributed by atoms with Gasteiger partial charge < -0.3 is 15.6 Å². The van der Waals surface area contributed by atoms with Crippen molar-refractivity contribution in [1.82, 2.24) is 0 Å². The molecular weight excluding hydrogens is 230 g/mol. The fourth-order valence-electron chi connectivity index (χ4n) is 1.80. The molecule has 0 bridgehead atoms. The van der Waals surface area contributed by atoms with E-state index in [1.165, 1.54) is 7.11 Å². The number of aromatic carboxylic acids is 1. The second-order valence-electron chi connectivity index (χ2n) is 3.81. The van der Waals surface area contributed by atoms with Crippen LogP contribution in [0.1, 0.15) is 10.4 Å². The molecule has 0 unspecified atom stereocenters. The van der Waals surface area contributed by atoms with Crippen LogP contribution in [0.4, 0.5) is 5.69 Å². The molecule has 4 nitrogen and oxygen atoms in total. The first-order valence-corrected chi connectivity index (χ1v) is 5.39. The van der Waals surface area contributed by atoms with Crippen LogP contribution in [0.3, 0.4) is 0 Å². The van der Waals surface area contributed by atoms with Crippen molar-refractivity contribution in [3.8, 4) is 16.9 Å². The van der Waals surface area contributed by atoms with Crippen LogP contribution < -0.4 is 10.5 Å². The van der Waals surface area contributed by atoms with Gasteiger partial charge in [0, 0.05) is 0 Å². The van der Waals surface area contributed by atoms with Gasteiger partial charge in [0.25, 0.3) is 0 Å². The van der Waals surface area contributed by atoms with Crippen LogP contribution in [0.15, 0.2) is 42.5 Å². The van der Waals surface area contributed by atoms with E-state index in [2.05, 4.69) is 0 Å². The van der Waals surface area contributed by atoms with Crippen LogP contribution in [0, 0.1) is 0 Å². The van der Waals surface area contributed by atoms with Crippen molar-refractivity contribution in [1.29, 1.82) is 0 Å². The summed E-state index contributed by atoms with van der Waals surface area (Å²) < 4.78 is 5.14. The largest absolute Gasteiger partial charge is 0.495 e. The van der Waals surface area contributed by atoms with Gasteiger partial charge in [-0.1, -0.05) is 24.3 Å². The zero-order valence-corrected chi connectivity index (χ0v) is 9.88. The highest BCUT2D eigenvalue weighted by Crippen LogP contribution is 2.30. The molecule has 0 aliphatic rings. The number of nitrogens with two attached hydrogens (primary N) is 1. The molecule has 0 radical (unpaired) electrons. The van der Waals surface area contributed by atoms with Crippen molar-refractivity contribution in [2.75, 3.05) is 12.8 Å². The maximum Gasteiger partial charge on any atom is 0.336 e. The first-order valence-electron chi connectivity index (χ1n) is 5.39. The number of hydrogen-bond acceptors (Lipinski definition) is 3. The minimum absolute atomic E-state index is 0.254. The lowest BCUT2D eigenvalue weighted by atomic mass is 9.99. The Balaban J connectivity index is 2.58. The predicted molar refractivity (Wildman–Crippen MR) is 69.8 cm³/mol. The van der Waals surface area contributed by atoms with Crippen molar-refractivity contribution in [2.24, 2.45) is 0 Å². The number of benzene rings is 2. The summed E-state index contributed by atoms with van der Waals surface area (Å²) >= 11 is 0. The third kappa shape index (κ3) is 2.13. The Morgan fingerprint density at radius 3 is 2.61 bits per heavy atom. The molecule has 92 valence electrons. The fourth-order valence-corrected chi connectivity index (χ4v) is 1.80. The number of hydrogen-bond donors (Lipinski definition) is 2. The number of carboxylic acids is 1. The van der Waals surface area contributed by atoms with Crippen molar-refractivity contribution < 1.29 is 14.6 Å². The Hall–Kier alpha value is -2.49. The Morgan fingerprint density at radius 1 is 1.22 bits per heavy atom. The number of methoxy groups -OCH3 is 1. The van der Waals surface area contributed by atoms with E-state index in [9.17, 15) is 4.79 Å². The predicted octanol–water partition coefficient (Wildman–Crippen LogP) is 2.64. The van der Waals surface area contributed by atoms with Crippen LogP contribution in [-0.4, -0.2) is 18.2 Å². The van der Waals surface area contributed by atoms with Crippen molar-refractivity contribution in [3.63, 3.8) is 0 Å². The number of rotatable bonds is 3. The molecule has 4 heteroatoms. The van der Waals surface area contributed by atoms with Gasteiger partial charge in [0.05, 0.1) is 18.4 Å². The molecule has 0 aliphatic heterocycles. The number of anilines is 1. The molecule has 0 aromatic heterocycles. The normalized spacial score (nSPS) is 10.1. The standard InChI is InChI=1S/C14H13NO3/c1-18-13-8-9(6-7-12(13)15)10-4-2-3-5-11(10)14(16)17/h2-8H,15H2,1H3,(H,16,17). The molecule has 2 aromatic carbocycles. The van der Waals surface area contributed by atoms with Crippen LogP contribution in [-0.2, 0) is 0 Å². The van der Waals surface area contributed by atoms with Gasteiger partial charge in [-0.05, 0) is 29.3 Å². The number of carbonyl (C=O) groups is 1. The molecule has 18 heavy (non-hydrogen) atoms. The fraction of sp³-hybridized carbons (Fsp3) is 0.0714. The third-order valence-corrected chi connectivity index (χ3v) is 2.70. The Kier molecular flexibility index (Phi) is 3.19. The average Bonchev–Trinajstić information content (AvgIpc) is 2.39. The SMILES string of the molecule is COc1cc(-c2ccccc2C(=O)O)ccc1N. The molecular formula is C14H13NO3. The molecule has 0 atom stereocenters. The molecule has 0 amide bonds. The highest BCUT2D eigenvalue weighted by Gasteiger charge is 2.12. The summed E-state index contributed by atoms with van der Waals surface area (Å²) in [6, 6.07) is 12.0. The van der Waals surface area contributed by atoms with Crippen molar-refractivity contribution in [3.05, 3.63) is 48.0 Å². The molecule has 0 heterocycles. The number of nitrogen functional groups attached to an aromatic ring is 1. The minimum atomic E-state index is -0.957. The second kappa shape index (κ2) is 4.79. The highest BCUT2D eigenvalue weighted by molar-refractivity contribution is 5.96. The summed E-state index contributed by atoms with van der Waals surface area (Å²) in [4.78, 5) is 11.2. The monoisotopic (exact) mass is 243 g/mol. The van der Waals surface area contributed by atoms with Crippen LogP contribution in [0.25, 0.3) is 11.1 Å². The van der Waals surface area contributed by atoms with E-state index in [-0.39, 0.29) is 5.56 Å². The Labute approximate surface area is 105 Å². The molecule has 0 aliphatic carbocycles. The van der Waals surface area contributed by atoms with Gasteiger partial charge >= 0.3 is 5.97 Å². The summed E-state index contributed by atoms with van der Waals surface area (Å²) in [5.41, 5.74) is 7.92. The lowest BCUT2D eigenvalue weighted by molar-refractivity contribution is 0.0697. The quantitative estimate of drug-likeness (QED) is 0.813. The molecule has 0 saturated carbocycles. The molecule has 0 saturated heterocycles. The van der Waals surface area contributed by atoms with E-state index >= 15 is 0 Å². The summed E-state index contributed by atoms with van der Waals surface area (Å²) in [6.45, 7) is 0. The van der Waals surface area contributed by atoms with E-state index in [4.69, 9.17) is 15.6 Å². The Morgan fingerprint density at radius 2 is 1.94 bits per heavy atom. The van der Waals surface area contributed by atoms with E-state index < -0.39 is 5.97 Å². The van der Waals surface area contributed by atoms with E-state index in [1.54, 1.807) is 42.5 Å². The van der Waals surface area contributed by atoms with Gasteiger partial charge in [0.2, 0.25) is 0 Å². The topological polar surface area (TPSA) is 72.5 Å². The molecule has 3 N–H and O–H groups in total. The number of carboxylic acid groups (broad SMARTS) is 1. The average molecular weight is 243 g/mol. The second-order valence-corrected chi connectivity index (χ2v) is 3.81. The zero-order chi connectivity index (χ0) is 13.1. The zero-order valence-electron chi connectivity index (χ0n) is 9.88. The van der Waals surface area contributed by atoms with Crippen LogP contribution >= 0.6 is 0 Å². The first-order chi connectivity index (χ1) is 8.63. The number of ether oxygens (including phenoxy) is 1. The molecule has 0 fully saturated rings. The van der Waals surface area contributed by atoms with Gasteiger partial charge in [0.15, 0.2) is 0 Å². The molecule has 2 aromatic rings.